The number of nitrogens with zero attached hydrogens (tertiary/aromatic N) is 2. The number of carboxylic acids is 1. The molecule has 168 valence electrons. The van der Waals surface area contributed by atoms with Crippen LogP contribution >= 0.6 is 24.0 Å². The second-order valence-electron chi connectivity index (χ2n) is 7.10. The Morgan fingerprint density at radius 1 is 1.16 bits per heavy atom. The summed E-state index contributed by atoms with van der Waals surface area (Å²) in [5.41, 5.74) is 2.44. The molecule has 2 aromatic rings. The van der Waals surface area contributed by atoms with Gasteiger partial charge in [-0.2, -0.15) is 0 Å². The van der Waals surface area contributed by atoms with Crippen molar-refractivity contribution in [1.29, 1.82) is 0 Å². The van der Waals surface area contributed by atoms with Crippen LogP contribution in [0.15, 0.2) is 53.4 Å². The third kappa shape index (κ3) is 5.14. The highest BCUT2D eigenvalue weighted by molar-refractivity contribution is 8.27. The summed E-state index contributed by atoms with van der Waals surface area (Å²) in [5, 5.41) is 9.31. The largest absolute Gasteiger partial charge is 0.479 e. The van der Waals surface area contributed by atoms with Crippen molar-refractivity contribution >= 4 is 57.6 Å². The third-order valence-electron chi connectivity index (χ3n) is 5.15. The molecule has 1 unspecified atom stereocenters. The molecule has 0 aromatic heterocycles. The lowest BCUT2D eigenvalue weighted by molar-refractivity contribution is -0.145. The van der Waals surface area contributed by atoms with Crippen molar-refractivity contribution in [3.05, 3.63) is 59.0 Å². The Balaban J connectivity index is 1.86. The van der Waals surface area contributed by atoms with Crippen LogP contribution in [0.4, 0.5) is 11.4 Å². The molecule has 8 heteroatoms. The average molecular weight is 471 g/mol. The number of benzene rings is 2. The normalized spacial score (nSPS) is 15.8. The number of ether oxygens (including phenoxy) is 1. The van der Waals surface area contributed by atoms with Crippen LogP contribution in [0.25, 0.3) is 6.08 Å². The number of hydrogen-bond donors (Lipinski definition) is 1. The summed E-state index contributed by atoms with van der Waals surface area (Å²) in [6.07, 6.45) is 1.08. The quantitative estimate of drug-likeness (QED) is 0.400. The van der Waals surface area contributed by atoms with Gasteiger partial charge in [-0.15, -0.1) is 0 Å². The van der Waals surface area contributed by atoms with Crippen LogP contribution < -0.4 is 14.5 Å². The lowest BCUT2D eigenvalue weighted by Crippen LogP contribution is -2.27. The SMILES string of the molecule is CCC(Oc1ccccc1/C=C1/SC(=S)N(c2ccc(N(CC)CC)cc2)C1=O)C(=O)O. The Hall–Kier alpha value is -2.84. The van der Waals surface area contributed by atoms with Gasteiger partial charge >= 0.3 is 5.97 Å². The van der Waals surface area contributed by atoms with E-state index in [9.17, 15) is 14.7 Å². The minimum atomic E-state index is -1.03. The van der Waals surface area contributed by atoms with Gasteiger partial charge < -0.3 is 14.7 Å². The second-order valence-corrected chi connectivity index (χ2v) is 8.77. The van der Waals surface area contributed by atoms with Crippen molar-refractivity contribution in [2.75, 3.05) is 22.9 Å². The van der Waals surface area contributed by atoms with Gasteiger partial charge in [-0.05, 0) is 56.7 Å². The lowest BCUT2D eigenvalue weighted by atomic mass is 10.1. The number of carbonyl (C=O) groups excluding carboxylic acids is 1. The minimum absolute atomic E-state index is 0.212. The highest BCUT2D eigenvalue weighted by Crippen LogP contribution is 2.37. The minimum Gasteiger partial charge on any atom is -0.479 e. The van der Waals surface area contributed by atoms with Gasteiger partial charge in [0.15, 0.2) is 10.4 Å². The highest BCUT2D eigenvalue weighted by atomic mass is 32.2. The number of aliphatic carboxylic acids is 1. The van der Waals surface area contributed by atoms with Crippen molar-refractivity contribution < 1.29 is 19.4 Å². The molecule has 1 aliphatic rings. The maximum atomic E-state index is 13.2. The molecule has 6 nitrogen and oxygen atoms in total. The number of carbonyl (C=O) groups is 2. The number of carboxylic acid groups (broad SMARTS) is 1. The summed E-state index contributed by atoms with van der Waals surface area (Å²) in [4.78, 5) is 28.7. The van der Waals surface area contributed by atoms with Gasteiger partial charge in [0, 0.05) is 24.3 Å². The maximum Gasteiger partial charge on any atom is 0.344 e. The number of hydrogen-bond acceptors (Lipinski definition) is 6. The monoisotopic (exact) mass is 470 g/mol. The first-order chi connectivity index (χ1) is 15.4. The molecule has 3 rings (SSSR count). The highest BCUT2D eigenvalue weighted by Gasteiger charge is 2.33. The topological polar surface area (TPSA) is 70.1 Å². The first kappa shape index (κ1) is 23.8. The summed E-state index contributed by atoms with van der Waals surface area (Å²) in [6.45, 7) is 7.76. The molecule has 0 spiro atoms. The Labute approximate surface area is 197 Å². The molecule has 1 amide bonds. The van der Waals surface area contributed by atoms with Crippen LogP contribution in [0.2, 0.25) is 0 Å². The Morgan fingerprint density at radius 2 is 1.81 bits per heavy atom. The fourth-order valence-corrected chi connectivity index (χ4v) is 4.69. The Kier molecular flexibility index (Phi) is 7.93. The van der Waals surface area contributed by atoms with Crippen molar-refractivity contribution in [1.82, 2.24) is 0 Å². The number of thiocarbonyl (C=S) groups is 1. The predicted molar refractivity (Wildman–Crippen MR) is 134 cm³/mol. The molecule has 32 heavy (non-hydrogen) atoms. The molecular formula is C24H26N2O4S2. The Morgan fingerprint density at radius 3 is 2.41 bits per heavy atom. The third-order valence-corrected chi connectivity index (χ3v) is 6.45. The molecule has 0 bridgehead atoms. The first-order valence-electron chi connectivity index (χ1n) is 10.5. The molecule has 1 heterocycles. The van der Waals surface area contributed by atoms with E-state index in [2.05, 4.69) is 18.7 Å². The molecule has 1 fully saturated rings. The van der Waals surface area contributed by atoms with Gasteiger partial charge in [-0.3, -0.25) is 9.69 Å². The van der Waals surface area contributed by atoms with E-state index in [1.54, 1.807) is 31.2 Å². The van der Waals surface area contributed by atoms with E-state index < -0.39 is 12.1 Å². The molecule has 1 saturated heterocycles. The van der Waals surface area contributed by atoms with E-state index in [-0.39, 0.29) is 5.91 Å². The molecular weight excluding hydrogens is 444 g/mol. The summed E-state index contributed by atoms with van der Waals surface area (Å²) in [5.74, 6) is -0.826. The van der Waals surface area contributed by atoms with Gasteiger partial charge in [-0.25, -0.2) is 4.79 Å². The van der Waals surface area contributed by atoms with Crippen LogP contribution in [-0.2, 0) is 9.59 Å². The van der Waals surface area contributed by atoms with Gasteiger partial charge in [-0.1, -0.05) is 49.1 Å². The summed E-state index contributed by atoms with van der Waals surface area (Å²) < 4.78 is 6.13. The Bertz CT molecular complexity index is 1030. The van der Waals surface area contributed by atoms with E-state index in [1.807, 2.05) is 30.3 Å². The van der Waals surface area contributed by atoms with Crippen molar-refractivity contribution in [3.63, 3.8) is 0 Å². The van der Waals surface area contributed by atoms with Crippen LogP contribution in [0.1, 0.15) is 32.8 Å². The van der Waals surface area contributed by atoms with Gasteiger partial charge in [0.25, 0.3) is 5.91 Å². The number of anilines is 2. The van der Waals surface area contributed by atoms with Gasteiger partial charge in [0.1, 0.15) is 5.75 Å². The molecule has 1 aliphatic heterocycles. The van der Waals surface area contributed by atoms with Crippen LogP contribution in [0, 0.1) is 0 Å². The van der Waals surface area contributed by atoms with Gasteiger partial charge in [0.2, 0.25) is 0 Å². The molecule has 0 saturated carbocycles. The average Bonchev–Trinajstić information content (AvgIpc) is 3.07. The lowest BCUT2D eigenvalue weighted by Gasteiger charge is -2.22. The van der Waals surface area contributed by atoms with Crippen LogP contribution in [-0.4, -0.2) is 40.5 Å². The van der Waals surface area contributed by atoms with E-state index in [4.69, 9.17) is 17.0 Å². The zero-order chi connectivity index (χ0) is 23.3. The molecule has 2 aromatic carbocycles. The van der Waals surface area contributed by atoms with Crippen molar-refractivity contribution in [3.8, 4) is 5.75 Å². The van der Waals surface area contributed by atoms with Gasteiger partial charge in [0.05, 0.1) is 10.6 Å². The molecule has 0 aliphatic carbocycles. The maximum absolute atomic E-state index is 13.2. The van der Waals surface area contributed by atoms with Crippen LogP contribution in [0.3, 0.4) is 0 Å². The number of rotatable bonds is 9. The smallest absolute Gasteiger partial charge is 0.344 e. The van der Waals surface area contributed by atoms with E-state index in [1.165, 1.54) is 16.7 Å². The summed E-state index contributed by atoms with van der Waals surface area (Å²) >= 11 is 6.70. The van der Waals surface area contributed by atoms with E-state index in [0.717, 1.165) is 18.8 Å². The first-order valence-corrected chi connectivity index (χ1v) is 11.7. The van der Waals surface area contributed by atoms with Crippen molar-refractivity contribution in [2.45, 2.75) is 33.3 Å². The molecule has 1 N–H and O–H groups in total. The standard InChI is InChI=1S/C24H26N2O4S2/c1-4-19(23(28)29)30-20-10-8-7-9-16(20)15-21-22(27)26(24(31)32-21)18-13-11-17(12-14-18)25(5-2)6-3/h7-15,19H,4-6H2,1-3H3,(H,28,29)/b21-15+. The van der Waals surface area contributed by atoms with E-state index in [0.29, 0.717) is 32.6 Å². The predicted octanol–water partition coefficient (Wildman–Crippen LogP) is 5.18. The zero-order valence-electron chi connectivity index (χ0n) is 18.3. The number of thioether (sulfide) groups is 1. The zero-order valence-corrected chi connectivity index (χ0v) is 19.9. The number of amides is 1. The molecule has 1 atom stereocenters. The van der Waals surface area contributed by atoms with Crippen LogP contribution in [0.5, 0.6) is 5.75 Å². The number of para-hydroxylation sites is 1. The second kappa shape index (κ2) is 10.7. The fraction of sp³-hybridized carbons (Fsp3) is 0.292. The van der Waals surface area contributed by atoms with E-state index >= 15 is 0 Å². The fourth-order valence-electron chi connectivity index (χ4n) is 3.40. The molecule has 0 radical (unpaired) electrons. The summed E-state index contributed by atoms with van der Waals surface area (Å²) in [7, 11) is 0. The summed E-state index contributed by atoms with van der Waals surface area (Å²) in [6, 6.07) is 14.8. The van der Waals surface area contributed by atoms with Crippen molar-refractivity contribution in [2.24, 2.45) is 0 Å².